The summed E-state index contributed by atoms with van der Waals surface area (Å²) in [6.07, 6.45) is 12.3. The van der Waals surface area contributed by atoms with Crippen molar-refractivity contribution >= 4 is 61.8 Å². The van der Waals surface area contributed by atoms with E-state index in [0.29, 0.717) is 33.3 Å². The highest BCUT2D eigenvalue weighted by atomic mass is 32.2. The van der Waals surface area contributed by atoms with Crippen molar-refractivity contribution in [1.29, 1.82) is 0 Å². The van der Waals surface area contributed by atoms with Gasteiger partial charge in [0.05, 0.1) is 23.0 Å². The first-order chi connectivity index (χ1) is 39.0. The quantitative estimate of drug-likeness (QED) is 0.0970. The highest BCUT2D eigenvalue weighted by molar-refractivity contribution is 7.90. The van der Waals surface area contributed by atoms with Crippen LogP contribution in [0.5, 0.6) is 50.1 Å². The number of aryl methyl sites for hydroxylation is 5. The molecule has 5 aromatic carbocycles. The van der Waals surface area contributed by atoms with Crippen LogP contribution in [0.4, 0.5) is 0 Å². The largest absolute Gasteiger partial charge is 0.485 e. The Hall–Kier alpha value is -8.70. The Kier molecular flexibility index (Phi) is 16.7. The summed E-state index contributed by atoms with van der Waals surface area (Å²) in [6.45, 7) is 3.77. The minimum Gasteiger partial charge on any atom is -0.485 e. The fraction of sp³-hybridized carbons (Fsp3) is 0.203. The zero-order chi connectivity index (χ0) is 56.8. The molecule has 414 valence electrons. The third-order valence-corrected chi connectivity index (χ3v) is 17.1. The Balaban J connectivity index is 0.000000137. The molecule has 0 bridgehead atoms. The van der Waals surface area contributed by atoms with Crippen LogP contribution in [0.15, 0.2) is 145 Å². The molecule has 22 heteroatoms. The third-order valence-electron chi connectivity index (χ3n) is 13.2. The molecule has 3 N–H and O–H groups in total. The lowest BCUT2D eigenvalue weighted by molar-refractivity contribution is 0.0690. The Morgan fingerprint density at radius 3 is 1.51 bits per heavy atom. The monoisotopic (exact) mass is 1170 g/mol. The van der Waals surface area contributed by atoms with E-state index in [2.05, 4.69) is 39.0 Å². The molecule has 3 atom stereocenters. The first kappa shape index (κ1) is 55.6. The first-order valence-corrected chi connectivity index (χ1v) is 29.6. The number of sulfone groups is 1. The SMILES string of the molecule is CS(=O)(=O)c1ccc(C2CCc3cc(Oc4ncc(C(=O)O)s4)ccc3O2)cc1.Cc1ccccc1C1CCc2cc(Oc3nc(C)c(C(=O)O)s3)ccc2O1.O=C(O)c1cnc(Oc2ccc3c(c2)CCC(c2cccnc2)O3)s1. The molecule has 3 aliphatic rings. The van der Waals surface area contributed by atoms with Crippen LogP contribution in [0.2, 0.25) is 0 Å². The Labute approximate surface area is 476 Å². The molecule has 0 aliphatic carbocycles. The number of fused-ring (bicyclic) bond motifs is 3. The number of aromatic carboxylic acids is 3. The lowest BCUT2D eigenvalue weighted by Gasteiger charge is -2.27. The molecule has 81 heavy (non-hydrogen) atoms. The first-order valence-electron chi connectivity index (χ1n) is 25.3. The van der Waals surface area contributed by atoms with Gasteiger partial charge in [0, 0.05) is 24.2 Å². The number of carboxylic acid groups (broad SMARTS) is 3. The van der Waals surface area contributed by atoms with Crippen molar-refractivity contribution in [3.63, 3.8) is 0 Å². The summed E-state index contributed by atoms with van der Waals surface area (Å²) >= 11 is 3.00. The summed E-state index contributed by atoms with van der Waals surface area (Å²) < 4.78 is 58.7. The van der Waals surface area contributed by atoms with Gasteiger partial charge in [0.25, 0.3) is 15.6 Å². The predicted molar refractivity (Wildman–Crippen MR) is 302 cm³/mol. The van der Waals surface area contributed by atoms with E-state index in [1.54, 1.807) is 49.5 Å². The molecule has 9 aromatic rings. The average Bonchev–Trinajstić information content (AvgIpc) is 4.24. The van der Waals surface area contributed by atoms with Crippen LogP contribution < -0.4 is 28.4 Å². The van der Waals surface area contributed by atoms with Crippen molar-refractivity contribution in [2.45, 2.75) is 75.6 Å². The molecule has 12 rings (SSSR count). The number of rotatable bonds is 13. The summed E-state index contributed by atoms with van der Waals surface area (Å²) in [6, 6.07) is 35.7. The molecular formula is C59H50N4O14S4. The van der Waals surface area contributed by atoms with E-state index < -0.39 is 27.7 Å². The molecule has 0 saturated heterocycles. The average molecular weight is 1170 g/mol. The summed E-state index contributed by atoms with van der Waals surface area (Å²) in [7, 11) is -3.22. The van der Waals surface area contributed by atoms with Crippen LogP contribution in [0, 0.1) is 13.8 Å². The van der Waals surface area contributed by atoms with E-state index in [4.69, 9.17) is 43.7 Å². The van der Waals surface area contributed by atoms with Gasteiger partial charge in [-0.3, -0.25) is 4.98 Å². The van der Waals surface area contributed by atoms with Crippen molar-refractivity contribution in [3.05, 3.63) is 199 Å². The molecule has 0 saturated carbocycles. The fourth-order valence-electron chi connectivity index (χ4n) is 9.14. The minimum atomic E-state index is -3.22. The molecule has 0 spiro atoms. The highest BCUT2D eigenvalue weighted by Crippen LogP contribution is 2.42. The lowest BCUT2D eigenvalue weighted by Crippen LogP contribution is -2.16. The van der Waals surface area contributed by atoms with Gasteiger partial charge in [-0.15, -0.1) is 0 Å². The summed E-state index contributed by atoms with van der Waals surface area (Å²) in [5.74, 6) is 1.23. The van der Waals surface area contributed by atoms with Gasteiger partial charge in [0.2, 0.25) is 0 Å². The van der Waals surface area contributed by atoms with Gasteiger partial charge in [-0.1, -0.05) is 76.5 Å². The molecule has 4 aromatic heterocycles. The summed E-state index contributed by atoms with van der Waals surface area (Å²) in [4.78, 5) is 50.0. The summed E-state index contributed by atoms with van der Waals surface area (Å²) in [5, 5.41) is 27.9. The number of thiazole rings is 3. The number of hydrogen-bond acceptors (Lipinski definition) is 18. The van der Waals surface area contributed by atoms with Crippen molar-refractivity contribution in [1.82, 2.24) is 19.9 Å². The van der Waals surface area contributed by atoms with Crippen LogP contribution in [-0.2, 0) is 29.1 Å². The molecular weight excluding hydrogens is 1120 g/mol. The topological polar surface area (TPSA) is 253 Å². The van der Waals surface area contributed by atoms with Gasteiger partial charge in [0.15, 0.2) is 9.84 Å². The van der Waals surface area contributed by atoms with Crippen LogP contribution >= 0.6 is 34.0 Å². The second-order valence-electron chi connectivity index (χ2n) is 18.8. The zero-order valence-corrected chi connectivity index (χ0v) is 46.8. The third kappa shape index (κ3) is 13.7. The van der Waals surface area contributed by atoms with Crippen LogP contribution in [0.25, 0.3) is 0 Å². The zero-order valence-electron chi connectivity index (χ0n) is 43.5. The predicted octanol–water partition coefficient (Wildman–Crippen LogP) is 13.5. The van der Waals surface area contributed by atoms with Crippen LogP contribution in [-0.4, -0.2) is 67.8 Å². The molecule has 3 aliphatic heterocycles. The van der Waals surface area contributed by atoms with E-state index in [0.717, 1.165) is 118 Å². The number of aromatic nitrogens is 4. The Bertz CT molecular complexity index is 3880. The number of carboxylic acids is 3. The van der Waals surface area contributed by atoms with Gasteiger partial charge in [0.1, 0.15) is 67.4 Å². The van der Waals surface area contributed by atoms with Gasteiger partial charge in [-0.25, -0.2) is 37.8 Å². The second-order valence-corrected chi connectivity index (χ2v) is 23.8. The number of ether oxygens (including phenoxy) is 6. The molecule has 0 radical (unpaired) electrons. The van der Waals surface area contributed by atoms with E-state index in [1.165, 1.54) is 29.8 Å². The second kappa shape index (κ2) is 24.3. The van der Waals surface area contributed by atoms with Crippen LogP contribution in [0.1, 0.15) is 111 Å². The highest BCUT2D eigenvalue weighted by Gasteiger charge is 2.26. The molecule has 0 fully saturated rings. The smallest absolute Gasteiger partial charge is 0.347 e. The maximum Gasteiger partial charge on any atom is 0.347 e. The minimum absolute atomic E-state index is 0.00468. The normalized spacial score (nSPS) is 15.9. The van der Waals surface area contributed by atoms with E-state index in [-0.39, 0.29) is 43.0 Å². The number of benzene rings is 5. The Morgan fingerprint density at radius 2 is 1.05 bits per heavy atom. The maximum absolute atomic E-state index is 11.6. The molecule has 7 heterocycles. The Morgan fingerprint density at radius 1 is 0.556 bits per heavy atom. The van der Waals surface area contributed by atoms with E-state index >= 15 is 0 Å². The van der Waals surface area contributed by atoms with Crippen LogP contribution in [0.3, 0.4) is 0 Å². The van der Waals surface area contributed by atoms with Crippen molar-refractivity contribution < 1.29 is 66.5 Å². The van der Waals surface area contributed by atoms with Gasteiger partial charge >= 0.3 is 17.9 Å². The molecule has 0 amide bonds. The molecule has 18 nitrogen and oxygen atoms in total. The number of pyridine rings is 1. The van der Waals surface area contributed by atoms with Crippen molar-refractivity contribution in [2.24, 2.45) is 0 Å². The lowest BCUT2D eigenvalue weighted by atomic mass is 9.95. The number of carbonyl (C=O) groups is 3. The van der Waals surface area contributed by atoms with E-state index in [9.17, 15) is 22.8 Å². The number of nitrogens with zero attached hydrogens (tertiary/aromatic N) is 4. The van der Waals surface area contributed by atoms with Crippen molar-refractivity contribution in [3.8, 4) is 50.1 Å². The standard InChI is InChI=1S/C21H19NO4S.C20H17NO6S2.C18H14N2O4S/c1-12-5-3-4-6-16(12)18-9-7-14-11-15(8-10-17(14)26-18)25-21-22-13(2)19(27-21)20(23)24;1-29(24,25)15-6-2-12(3-7-15)16-8-4-13-10-14(5-9-17(13)27-16)26-20-21-11-18(28-20)19(22)23;21-17(22)16-10-20-18(25-16)23-13-4-6-14-11(8-13)3-5-15(24-14)12-2-1-7-19-9-12/h3-6,8,10-11,18H,7,9H2,1-2H3,(H,23,24);2-3,5-7,9-11,16H,4,8H2,1H3,(H,22,23);1-2,4,6-10,15H,3,5H2,(H,21,22). The van der Waals surface area contributed by atoms with Gasteiger partial charge in [-0.05, 0) is 159 Å². The van der Waals surface area contributed by atoms with Gasteiger partial charge < -0.3 is 43.7 Å². The number of hydrogen-bond donors (Lipinski definition) is 3. The summed E-state index contributed by atoms with van der Waals surface area (Å²) in [5.41, 5.74) is 8.05. The van der Waals surface area contributed by atoms with Crippen molar-refractivity contribution in [2.75, 3.05) is 6.26 Å². The molecule has 3 unspecified atom stereocenters. The van der Waals surface area contributed by atoms with E-state index in [1.807, 2.05) is 72.9 Å². The fourth-order valence-corrected chi connectivity index (χ4v) is 11.8. The van der Waals surface area contributed by atoms with Gasteiger partial charge in [-0.2, -0.15) is 0 Å². The maximum atomic E-state index is 11.6.